The van der Waals surface area contributed by atoms with Crippen LogP contribution in [0.1, 0.15) is 26.2 Å². The summed E-state index contributed by atoms with van der Waals surface area (Å²) in [4.78, 5) is 0. The summed E-state index contributed by atoms with van der Waals surface area (Å²) in [5, 5.41) is 2.14. The van der Waals surface area contributed by atoms with Gasteiger partial charge in [0.15, 0.2) is 0 Å². The van der Waals surface area contributed by atoms with Crippen molar-refractivity contribution in [1.82, 2.24) is 0 Å². The largest absolute Gasteiger partial charge is 0.137 e. The summed E-state index contributed by atoms with van der Waals surface area (Å²) in [6.07, 6.45) is 20.1. The molecule has 106 valence electrons. The van der Waals surface area contributed by atoms with Crippen LogP contribution in [0.25, 0.3) is 0 Å². The van der Waals surface area contributed by atoms with E-state index in [4.69, 9.17) is 0 Å². The molecule has 1 aliphatic carbocycles. The Balaban J connectivity index is 2.81. The van der Waals surface area contributed by atoms with Crippen LogP contribution >= 0.6 is 11.8 Å². The molecule has 0 amide bonds. The standard InChI is InChI=1S/C19H24S/c1-5-17(15-20-4)13-12-16(3)14-18(6-2)19-10-8-7-9-11-19/h5-8,10,12,14-15H,1-2,9,11,13H2,3-4H3/b16-12-,17-15+,18-14+. The van der Waals surface area contributed by atoms with Gasteiger partial charge in [0, 0.05) is 0 Å². The van der Waals surface area contributed by atoms with Crippen LogP contribution in [-0.2, 0) is 0 Å². The van der Waals surface area contributed by atoms with E-state index in [2.05, 4.69) is 62.1 Å². The highest BCUT2D eigenvalue weighted by molar-refractivity contribution is 8.01. The number of hydrogen-bond acceptors (Lipinski definition) is 1. The van der Waals surface area contributed by atoms with E-state index in [9.17, 15) is 0 Å². The molecule has 0 aromatic carbocycles. The van der Waals surface area contributed by atoms with Crippen LogP contribution in [0.2, 0.25) is 0 Å². The van der Waals surface area contributed by atoms with Gasteiger partial charge in [-0.2, -0.15) is 0 Å². The van der Waals surface area contributed by atoms with Crippen molar-refractivity contribution >= 4 is 11.8 Å². The maximum Gasteiger partial charge on any atom is -0.00868 e. The van der Waals surface area contributed by atoms with E-state index in [1.165, 1.54) is 22.3 Å². The van der Waals surface area contributed by atoms with E-state index in [0.717, 1.165) is 19.3 Å². The van der Waals surface area contributed by atoms with Gasteiger partial charge in [0.05, 0.1) is 0 Å². The van der Waals surface area contributed by atoms with Crippen LogP contribution in [0.3, 0.4) is 0 Å². The molecule has 0 nitrogen and oxygen atoms in total. The van der Waals surface area contributed by atoms with Crippen molar-refractivity contribution in [2.45, 2.75) is 26.2 Å². The first-order valence-corrected chi connectivity index (χ1v) is 8.21. The molecule has 0 aliphatic heterocycles. The predicted octanol–water partition coefficient (Wildman–Crippen LogP) is 6.14. The average Bonchev–Trinajstić information content (AvgIpc) is 2.49. The van der Waals surface area contributed by atoms with E-state index in [1.54, 1.807) is 11.8 Å². The molecule has 0 N–H and O–H groups in total. The van der Waals surface area contributed by atoms with Crippen LogP contribution in [-0.4, -0.2) is 6.26 Å². The first-order chi connectivity index (χ1) is 9.71. The quantitative estimate of drug-likeness (QED) is 0.506. The lowest BCUT2D eigenvalue weighted by molar-refractivity contribution is 0.977. The van der Waals surface area contributed by atoms with Crippen LogP contribution in [0.15, 0.2) is 83.4 Å². The van der Waals surface area contributed by atoms with Crippen molar-refractivity contribution in [1.29, 1.82) is 0 Å². The zero-order chi connectivity index (χ0) is 14.8. The lowest BCUT2D eigenvalue weighted by Crippen LogP contribution is -1.91. The average molecular weight is 284 g/mol. The topological polar surface area (TPSA) is 0 Å². The van der Waals surface area contributed by atoms with Crippen LogP contribution in [0, 0.1) is 0 Å². The molecule has 0 saturated carbocycles. The van der Waals surface area contributed by atoms with Gasteiger partial charge in [-0.1, -0.05) is 61.3 Å². The van der Waals surface area contributed by atoms with E-state index < -0.39 is 0 Å². The Morgan fingerprint density at radius 3 is 2.70 bits per heavy atom. The highest BCUT2D eigenvalue weighted by atomic mass is 32.2. The van der Waals surface area contributed by atoms with Gasteiger partial charge in [0.1, 0.15) is 0 Å². The molecule has 0 unspecified atom stereocenters. The number of allylic oxidation sites excluding steroid dienone is 11. The molecule has 0 heterocycles. The van der Waals surface area contributed by atoms with Crippen molar-refractivity contribution in [3.05, 3.63) is 83.4 Å². The highest BCUT2D eigenvalue weighted by Crippen LogP contribution is 2.22. The second-order valence-corrected chi connectivity index (χ2v) is 5.45. The maximum atomic E-state index is 3.94. The summed E-state index contributed by atoms with van der Waals surface area (Å²) in [5.74, 6) is 0. The molecular weight excluding hydrogens is 260 g/mol. The Kier molecular flexibility index (Phi) is 7.82. The zero-order valence-corrected chi connectivity index (χ0v) is 13.4. The van der Waals surface area contributed by atoms with E-state index in [-0.39, 0.29) is 0 Å². The van der Waals surface area contributed by atoms with Crippen LogP contribution in [0.5, 0.6) is 0 Å². The molecule has 0 spiro atoms. The van der Waals surface area contributed by atoms with Gasteiger partial charge in [0.25, 0.3) is 0 Å². The molecule has 1 aliphatic rings. The summed E-state index contributed by atoms with van der Waals surface area (Å²) >= 11 is 1.72. The molecule has 0 aromatic heterocycles. The smallest absolute Gasteiger partial charge is 0.00868 e. The fourth-order valence-corrected chi connectivity index (χ4v) is 2.54. The molecule has 0 radical (unpaired) electrons. The third kappa shape index (κ3) is 5.66. The Morgan fingerprint density at radius 1 is 1.35 bits per heavy atom. The van der Waals surface area contributed by atoms with Crippen molar-refractivity contribution in [3.63, 3.8) is 0 Å². The molecule has 0 bridgehead atoms. The predicted molar refractivity (Wildman–Crippen MR) is 94.9 cm³/mol. The minimum absolute atomic E-state index is 0.927. The third-order valence-electron chi connectivity index (χ3n) is 3.18. The van der Waals surface area contributed by atoms with Crippen LogP contribution in [0.4, 0.5) is 0 Å². The Hall–Kier alpha value is -1.47. The molecule has 1 rings (SSSR count). The van der Waals surface area contributed by atoms with Crippen molar-refractivity contribution in [2.24, 2.45) is 0 Å². The Labute approximate surface area is 128 Å². The van der Waals surface area contributed by atoms with Crippen molar-refractivity contribution < 1.29 is 0 Å². The molecular formula is C19H24S. The van der Waals surface area contributed by atoms with Crippen molar-refractivity contribution in [2.75, 3.05) is 6.26 Å². The third-order valence-corrected chi connectivity index (χ3v) is 3.72. The minimum Gasteiger partial charge on any atom is -0.137 e. The summed E-state index contributed by atoms with van der Waals surface area (Å²) in [6, 6.07) is 0. The SMILES string of the molecule is C=C/C(=C\SC)C/C=C(C)\C=C(/C=C)C1=CC=CCC1. The summed E-state index contributed by atoms with van der Waals surface area (Å²) < 4.78 is 0. The van der Waals surface area contributed by atoms with Gasteiger partial charge in [-0.15, -0.1) is 11.8 Å². The van der Waals surface area contributed by atoms with Crippen LogP contribution < -0.4 is 0 Å². The van der Waals surface area contributed by atoms with Gasteiger partial charge < -0.3 is 0 Å². The summed E-state index contributed by atoms with van der Waals surface area (Å²) in [5.41, 5.74) is 5.13. The molecule has 0 fully saturated rings. The first kappa shape index (κ1) is 16.6. The first-order valence-electron chi connectivity index (χ1n) is 6.92. The lowest BCUT2D eigenvalue weighted by Gasteiger charge is -2.10. The fourth-order valence-electron chi connectivity index (χ4n) is 2.04. The second-order valence-electron chi connectivity index (χ2n) is 4.75. The highest BCUT2D eigenvalue weighted by Gasteiger charge is 2.03. The Morgan fingerprint density at radius 2 is 2.15 bits per heavy atom. The fraction of sp³-hybridized carbons (Fsp3) is 0.263. The molecule has 0 atom stereocenters. The Bertz CT molecular complexity index is 496. The van der Waals surface area contributed by atoms with Crippen molar-refractivity contribution in [3.8, 4) is 0 Å². The van der Waals surface area contributed by atoms with Gasteiger partial charge >= 0.3 is 0 Å². The van der Waals surface area contributed by atoms with E-state index in [0.29, 0.717) is 0 Å². The molecule has 0 saturated heterocycles. The van der Waals surface area contributed by atoms with Gasteiger partial charge in [-0.25, -0.2) is 0 Å². The minimum atomic E-state index is 0.927. The van der Waals surface area contributed by atoms with Gasteiger partial charge in [0.2, 0.25) is 0 Å². The molecule has 1 heteroatoms. The summed E-state index contributed by atoms with van der Waals surface area (Å²) in [7, 11) is 0. The number of hydrogen-bond donors (Lipinski definition) is 0. The number of rotatable bonds is 7. The molecule has 20 heavy (non-hydrogen) atoms. The normalized spacial score (nSPS) is 16.9. The summed E-state index contributed by atoms with van der Waals surface area (Å²) in [6.45, 7) is 9.93. The maximum absolute atomic E-state index is 3.94. The second kappa shape index (κ2) is 9.44. The molecule has 0 aromatic rings. The lowest BCUT2D eigenvalue weighted by atomic mass is 9.95. The van der Waals surface area contributed by atoms with Gasteiger partial charge in [-0.3, -0.25) is 0 Å². The zero-order valence-electron chi connectivity index (χ0n) is 12.6. The monoisotopic (exact) mass is 284 g/mol. The van der Waals surface area contributed by atoms with E-state index >= 15 is 0 Å². The van der Waals surface area contributed by atoms with Gasteiger partial charge in [-0.05, 0) is 54.6 Å². The van der Waals surface area contributed by atoms with E-state index in [1.807, 2.05) is 12.2 Å². The number of thioether (sulfide) groups is 1.